The van der Waals surface area contributed by atoms with Crippen LogP contribution in [-0.4, -0.2) is 45.9 Å². The predicted molar refractivity (Wildman–Crippen MR) is 93.9 cm³/mol. The number of amidine groups is 1. The number of carbonyl (C=O) groups excluding carboxylic acids is 1. The molecule has 1 saturated heterocycles. The molecule has 0 bridgehead atoms. The highest BCUT2D eigenvalue weighted by atomic mass is 19.4. The molecule has 1 fully saturated rings. The number of halogens is 3. The Hall–Kier alpha value is -2.74. The number of carbonyl (C=O) groups is 1. The number of aryl methyl sites for hydroxylation is 1. The van der Waals surface area contributed by atoms with Crippen LogP contribution in [0.5, 0.6) is 0 Å². The van der Waals surface area contributed by atoms with Gasteiger partial charge in [0.1, 0.15) is 16.9 Å². The van der Waals surface area contributed by atoms with Crippen molar-refractivity contribution in [2.24, 2.45) is 4.99 Å². The molecule has 5 rings (SSSR count). The van der Waals surface area contributed by atoms with Crippen molar-refractivity contribution < 1.29 is 23.1 Å². The van der Waals surface area contributed by atoms with E-state index in [0.717, 1.165) is 11.6 Å². The maximum atomic E-state index is 13.4. The molecule has 1 atom stereocenters. The van der Waals surface area contributed by atoms with Crippen LogP contribution in [-0.2, 0) is 22.8 Å². The van der Waals surface area contributed by atoms with E-state index < -0.39 is 29.3 Å². The number of alkyl halides is 3. The zero-order valence-corrected chi connectivity index (χ0v) is 14.7. The minimum atomic E-state index is -4.61. The summed E-state index contributed by atoms with van der Waals surface area (Å²) in [5.41, 5.74) is -0.161. The van der Waals surface area contributed by atoms with Crippen molar-refractivity contribution in [1.82, 2.24) is 9.88 Å². The van der Waals surface area contributed by atoms with Gasteiger partial charge in [-0.15, -0.1) is 0 Å². The van der Waals surface area contributed by atoms with Crippen molar-refractivity contribution in [3.8, 4) is 0 Å². The summed E-state index contributed by atoms with van der Waals surface area (Å²) in [5.74, 6) is -0.199. The molecule has 0 unspecified atom stereocenters. The van der Waals surface area contributed by atoms with Crippen LogP contribution in [0.4, 0.5) is 13.2 Å². The molecule has 8 heteroatoms. The lowest BCUT2D eigenvalue weighted by Gasteiger charge is -2.42. The minimum Gasteiger partial charge on any atom is -0.389 e. The minimum absolute atomic E-state index is 0.115. The Kier molecular flexibility index (Phi) is 3.49. The molecule has 0 saturated carbocycles. The maximum Gasteiger partial charge on any atom is 0.433 e. The van der Waals surface area contributed by atoms with Crippen LogP contribution in [0.15, 0.2) is 41.4 Å². The van der Waals surface area contributed by atoms with E-state index in [1.165, 1.54) is 6.07 Å². The van der Waals surface area contributed by atoms with E-state index in [-0.39, 0.29) is 18.8 Å². The molecule has 0 radical (unpaired) electrons. The monoisotopic (exact) mass is 387 g/mol. The average Bonchev–Trinajstić information content (AvgIpc) is 3.02. The number of aliphatic hydroxyl groups is 1. The fourth-order valence-corrected chi connectivity index (χ4v) is 4.42. The van der Waals surface area contributed by atoms with Gasteiger partial charge in [0.15, 0.2) is 0 Å². The van der Waals surface area contributed by atoms with Crippen LogP contribution in [0.2, 0.25) is 0 Å². The van der Waals surface area contributed by atoms with Crippen LogP contribution in [0, 0.1) is 0 Å². The number of hydrogen-bond donors (Lipinski definition) is 1. The first-order valence-electron chi connectivity index (χ1n) is 9.04. The van der Waals surface area contributed by atoms with E-state index in [4.69, 9.17) is 0 Å². The average molecular weight is 387 g/mol. The van der Waals surface area contributed by atoms with Crippen LogP contribution < -0.4 is 0 Å². The highest BCUT2D eigenvalue weighted by Crippen LogP contribution is 2.48. The molecule has 2 aromatic rings. The van der Waals surface area contributed by atoms with Gasteiger partial charge in [-0.25, -0.2) is 4.98 Å². The van der Waals surface area contributed by atoms with Crippen molar-refractivity contribution in [3.05, 3.63) is 64.5 Å². The predicted octanol–water partition coefficient (Wildman–Crippen LogP) is 2.30. The van der Waals surface area contributed by atoms with Crippen molar-refractivity contribution in [1.29, 1.82) is 0 Å². The molecular weight excluding hydrogens is 371 g/mol. The normalized spacial score (nSPS) is 24.1. The van der Waals surface area contributed by atoms with Crippen molar-refractivity contribution in [2.45, 2.75) is 30.5 Å². The largest absolute Gasteiger partial charge is 0.433 e. The number of aliphatic hydroxyl groups excluding tert-OH is 1. The SMILES string of the molecule is O=C1N=C(N2CC(O)C2)c2ccc(C(F)(F)F)nc2[C@@]12CCc1ccccc12. The van der Waals surface area contributed by atoms with Gasteiger partial charge >= 0.3 is 6.18 Å². The van der Waals surface area contributed by atoms with Gasteiger partial charge in [0.2, 0.25) is 0 Å². The Bertz CT molecular complexity index is 1030. The van der Waals surface area contributed by atoms with Crippen LogP contribution in [0.3, 0.4) is 0 Å². The van der Waals surface area contributed by atoms with E-state index in [1.807, 2.05) is 12.1 Å². The quantitative estimate of drug-likeness (QED) is 0.753. The molecule has 1 N–H and O–H groups in total. The first-order valence-corrected chi connectivity index (χ1v) is 9.04. The van der Waals surface area contributed by atoms with Crippen molar-refractivity contribution in [2.75, 3.05) is 13.1 Å². The highest BCUT2D eigenvalue weighted by molar-refractivity contribution is 6.14. The molecule has 2 aliphatic heterocycles. The lowest BCUT2D eigenvalue weighted by molar-refractivity contribution is -0.141. The summed E-state index contributed by atoms with van der Waals surface area (Å²) in [4.78, 5) is 23.2. The Morgan fingerprint density at radius 3 is 2.61 bits per heavy atom. The number of amides is 1. The van der Waals surface area contributed by atoms with Crippen molar-refractivity contribution >= 4 is 11.7 Å². The molecule has 1 amide bonds. The zero-order valence-electron chi connectivity index (χ0n) is 14.7. The molecule has 1 aromatic heterocycles. The molecular formula is C20H16F3N3O2. The molecule has 5 nitrogen and oxygen atoms in total. The van der Waals surface area contributed by atoms with Crippen LogP contribution >= 0.6 is 0 Å². The third-order valence-corrected chi connectivity index (χ3v) is 5.81. The van der Waals surface area contributed by atoms with Gasteiger partial charge in [-0.2, -0.15) is 18.2 Å². The van der Waals surface area contributed by atoms with E-state index in [2.05, 4.69) is 9.98 Å². The molecule has 3 heterocycles. The Morgan fingerprint density at radius 1 is 1.14 bits per heavy atom. The second-order valence-corrected chi connectivity index (χ2v) is 7.45. The maximum absolute atomic E-state index is 13.4. The number of β-amino-alcohol motifs (C(OH)–C–C–N with tert-alkyl or cyclic N) is 1. The number of benzene rings is 1. The lowest BCUT2D eigenvalue weighted by atomic mass is 9.74. The third-order valence-electron chi connectivity index (χ3n) is 5.81. The second kappa shape index (κ2) is 5.64. The fourth-order valence-electron chi connectivity index (χ4n) is 4.42. The summed E-state index contributed by atoms with van der Waals surface area (Å²) in [5, 5.41) is 9.60. The Labute approximate surface area is 158 Å². The molecule has 1 aromatic carbocycles. The van der Waals surface area contributed by atoms with Gasteiger partial charge in [0.05, 0.1) is 11.8 Å². The van der Waals surface area contributed by atoms with Gasteiger partial charge in [0.25, 0.3) is 5.91 Å². The van der Waals surface area contributed by atoms with Crippen LogP contribution in [0.1, 0.15) is 34.5 Å². The number of pyridine rings is 1. The summed E-state index contributed by atoms with van der Waals surface area (Å²) in [7, 11) is 0. The third kappa shape index (κ3) is 2.27. The number of fused-ring (bicyclic) bond motifs is 4. The topological polar surface area (TPSA) is 65.8 Å². The van der Waals surface area contributed by atoms with Gasteiger partial charge in [0, 0.05) is 18.7 Å². The molecule has 144 valence electrons. The Morgan fingerprint density at radius 2 is 1.89 bits per heavy atom. The standard InChI is InChI=1S/C20H16F3N3O2/c21-20(22,23)15-6-5-13-16(24-15)19(8-7-11-3-1-2-4-14(11)19)18(28)25-17(13)26-9-12(27)10-26/h1-6,12,27H,7-10H2/t19-/m0/s1. The lowest BCUT2D eigenvalue weighted by Crippen LogP contribution is -2.56. The van der Waals surface area contributed by atoms with E-state index in [0.29, 0.717) is 29.8 Å². The van der Waals surface area contributed by atoms with Gasteiger partial charge in [-0.1, -0.05) is 24.3 Å². The first kappa shape index (κ1) is 17.4. The van der Waals surface area contributed by atoms with Crippen LogP contribution in [0.25, 0.3) is 0 Å². The highest BCUT2D eigenvalue weighted by Gasteiger charge is 2.53. The Balaban J connectivity index is 1.75. The molecule has 1 aliphatic carbocycles. The summed E-state index contributed by atoms with van der Waals surface area (Å²) in [6, 6.07) is 9.56. The number of rotatable bonds is 0. The van der Waals surface area contributed by atoms with Gasteiger partial charge in [-0.05, 0) is 36.1 Å². The molecule has 28 heavy (non-hydrogen) atoms. The first-order chi connectivity index (χ1) is 13.3. The number of hydrogen-bond acceptors (Lipinski definition) is 4. The van der Waals surface area contributed by atoms with E-state index >= 15 is 0 Å². The summed E-state index contributed by atoms with van der Waals surface area (Å²) in [6.07, 6.45) is -4.23. The van der Waals surface area contributed by atoms with E-state index in [9.17, 15) is 23.1 Å². The molecule has 3 aliphatic rings. The number of likely N-dealkylation sites (tertiary alicyclic amines) is 1. The van der Waals surface area contributed by atoms with Gasteiger partial charge < -0.3 is 10.0 Å². The fraction of sp³-hybridized carbons (Fsp3) is 0.350. The summed E-state index contributed by atoms with van der Waals surface area (Å²) < 4.78 is 40.2. The van der Waals surface area contributed by atoms with E-state index in [1.54, 1.807) is 17.0 Å². The second-order valence-electron chi connectivity index (χ2n) is 7.45. The number of aliphatic imine (C=N–C) groups is 1. The van der Waals surface area contributed by atoms with Crippen molar-refractivity contribution in [3.63, 3.8) is 0 Å². The zero-order chi connectivity index (χ0) is 19.7. The number of aromatic nitrogens is 1. The summed E-state index contributed by atoms with van der Waals surface area (Å²) >= 11 is 0. The molecule has 1 spiro atoms. The number of nitrogens with zero attached hydrogens (tertiary/aromatic N) is 3. The smallest absolute Gasteiger partial charge is 0.389 e. The summed E-state index contributed by atoms with van der Waals surface area (Å²) in [6.45, 7) is 0.576. The van der Waals surface area contributed by atoms with Gasteiger partial charge in [-0.3, -0.25) is 4.79 Å².